The fourth-order valence-corrected chi connectivity index (χ4v) is 2.74. The van der Waals surface area contributed by atoms with Crippen molar-refractivity contribution >= 4 is 29.6 Å². The molecule has 1 rings (SSSR count). The molecule has 1 saturated heterocycles. The Kier molecular flexibility index (Phi) is 8.66. The Balaban J connectivity index is 2.71. The highest BCUT2D eigenvalue weighted by molar-refractivity contribution is 5.94. The topological polar surface area (TPSA) is 171 Å². The van der Waals surface area contributed by atoms with Crippen molar-refractivity contribution in [2.45, 2.75) is 38.8 Å². The molecule has 0 radical (unpaired) electrons. The van der Waals surface area contributed by atoms with Crippen LogP contribution in [0.15, 0.2) is 0 Å². The molecular weight excluding hydrogens is 358 g/mol. The number of carboxylic acids is 1. The van der Waals surface area contributed by atoms with Gasteiger partial charge in [0.2, 0.25) is 23.6 Å². The zero-order chi connectivity index (χ0) is 20.6. The maximum Gasteiger partial charge on any atom is 0.322 e. The van der Waals surface area contributed by atoms with Gasteiger partial charge in [0.15, 0.2) is 0 Å². The SMILES string of the molecule is CC(C)[C@H](NC(=O)[C@@H]1CCCN1C(=O)CNC(=O)CN)C(=O)NCC(=O)O. The fraction of sp³-hybridized carbons (Fsp3) is 0.688. The van der Waals surface area contributed by atoms with E-state index < -0.39 is 48.2 Å². The van der Waals surface area contributed by atoms with Gasteiger partial charge in [0.25, 0.3) is 0 Å². The molecular formula is C16H27N5O6. The monoisotopic (exact) mass is 385 g/mol. The van der Waals surface area contributed by atoms with Crippen LogP contribution in [0.3, 0.4) is 0 Å². The molecule has 1 aliphatic heterocycles. The summed E-state index contributed by atoms with van der Waals surface area (Å²) in [6.45, 7) is 2.75. The molecule has 4 amide bonds. The fourth-order valence-electron chi connectivity index (χ4n) is 2.74. The molecule has 0 aromatic rings. The summed E-state index contributed by atoms with van der Waals surface area (Å²) in [5, 5.41) is 15.9. The summed E-state index contributed by atoms with van der Waals surface area (Å²) in [5.74, 6) is -3.45. The molecule has 11 nitrogen and oxygen atoms in total. The first kappa shape index (κ1) is 22.4. The lowest BCUT2D eigenvalue weighted by molar-refractivity contribution is -0.140. The molecule has 27 heavy (non-hydrogen) atoms. The van der Waals surface area contributed by atoms with Gasteiger partial charge in [-0.1, -0.05) is 13.8 Å². The van der Waals surface area contributed by atoms with Gasteiger partial charge in [-0.25, -0.2) is 0 Å². The van der Waals surface area contributed by atoms with Crippen molar-refractivity contribution in [1.29, 1.82) is 0 Å². The Labute approximate surface area is 157 Å². The van der Waals surface area contributed by atoms with Crippen molar-refractivity contribution in [1.82, 2.24) is 20.9 Å². The van der Waals surface area contributed by atoms with E-state index in [1.54, 1.807) is 13.8 Å². The van der Waals surface area contributed by atoms with E-state index >= 15 is 0 Å². The van der Waals surface area contributed by atoms with E-state index in [0.717, 1.165) is 0 Å². The highest BCUT2D eigenvalue weighted by Gasteiger charge is 2.36. The number of nitrogens with zero attached hydrogens (tertiary/aromatic N) is 1. The second-order valence-electron chi connectivity index (χ2n) is 6.57. The van der Waals surface area contributed by atoms with Crippen LogP contribution in [0, 0.1) is 5.92 Å². The number of nitrogens with two attached hydrogens (primary N) is 1. The minimum atomic E-state index is -1.19. The molecule has 1 fully saturated rings. The minimum Gasteiger partial charge on any atom is -0.480 e. The van der Waals surface area contributed by atoms with E-state index in [1.165, 1.54) is 4.90 Å². The molecule has 2 atom stereocenters. The van der Waals surface area contributed by atoms with Gasteiger partial charge in [-0.15, -0.1) is 0 Å². The van der Waals surface area contributed by atoms with Crippen LogP contribution in [-0.2, 0) is 24.0 Å². The van der Waals surface area contributed by atoms with Crippen LogP contribution in [0.4, 0.5) is 0 Å². The zero-order valence-electron chi connectivity index (χ0n) is 15.5. The van der Waals surface area contributed by atoms with Crippen molar-refractivity contribution in [3.8, 4) is 0 Å². The van der Waals surface area contributed by atoms with E-state index in [4.69, 9.17) is 10.8 Å². The molecule has 0 aliphatic carbocycles. The number of nitrogens with one attached hydrogen (secondary N) is 3. The molecule has 0 unspecified atom stereocenters. The first-order valence-electron chi connectivity index (χ1n) is 8.73. The van der Waals surface area contributed by atoms with Crippen molar-refractivity contribution in [2.75, 3.05) is 26.2 Å². The maximum absolute atomic E-state index is 12.6. The standard InChI is InChI=1S/C16H27N5O6/c1-9(2)14(16(27)19-8-13(24)25)20-15(26)10-4-3-5-21(10)12(23)7-18-11(22)6-17/h9-10,14H,3-8,17H2,1-2H3,(H,18,22)(H,19,27)(H,20,26)(H,24,25)/t10-,14-/m0/s1. The predicted molar refractivity (Wildman–Crippen MR) is 94.2 cm³/mol. The van der Waals surface area contributed by atoms with Crippen molar-refractivity contribution in [2.24, 2.45) is 11.7 Å². The quantitative estimate of drug-likeness (QED) is 0.289. The number of hydrogen-bond acceptors (Lipinski definition) is 6. The molecule has 0 aromatic carbocycles. The van der Waals surface area contributed by atoms with Crippen LogP contribution in [-0.4, -0.2) is 77.9 Å². The third-order valence-electron chi connectivity index (χ3n) is 4.16. The second-order valence-corrected chi connectivity index (χ2v) is 6.57. The second kappa shape index (κ2) is 10.5. The molecule has 1 aliphatic rings. The largest absolute Gasteiger partial charge is 0.480 e. The summed E-state index contributed by atoms with van der Waals surface area (Å²) in [7, 11) is 0. The van der Waals surface area contributed by atoms with Gasteiger partial charge in [0.05, 0.1) is 13.1 Å². The van der Waals surface area contributed by atoms with Gasteiger partial charge >= 0.3 is 5.97 Å². The Morgan fingerprint density at radius 1 is 1.15 bits per heavy atom. The summed E-state index contributed by atoms with van der Waals surface area (Å²) < 4.78 is 0. The lowest BCUT2D eigenvalue weighted by Gasteiger charge is -2.27. The molecule has 0 aromatic heterocycles. The summed E-state index contributed by atoms with van der Waals surface area (Å²) in [6, 6.07) is -1.67. The van der Waals surface area contributed by atoms with E-state index in [0.29, 0.717) is 19.4 Å². The number of hydrogen-bond donors (Lipinski definition) is 5. The van der Waals surface area contributed by atoms with Crippen LogP contribution < -0.4 is 21.7 Å². The van der Waals surface area contributed by atoms with E-state index in [9.17, 15) is 24.0 Å². The average Bonchev–Trinajstić information content (AvgIpc) is 3.11. The third-order valence-corrected chi connectivity index (χ3v) is 4.16. The summed E-state index contributed by atoms with van der Waals surface area (Å²) in [6.07, 6.45) is 1.05. The lowest BCUT2D eigenvalue weighted by atomic mass is 10.0. The summed E-state index contributed by atoms with van der Waals surface area (Å²) >= 11 is 0. The Hall–Kier alpha value is -2.69. The first-order valence-corrected chi connectivity index (χ1v) is 8.73. The summed E-state index contributed by atoms with van der Waals surface area (Å²) in [4.78, 5) is 60.1. The molecule has 152 valence electrons. The van der Waals surface area contributed by atoms with E-state index in [1.807, 2.05) is 0 Å². The van der Waals surface area contributed by atoms with Gasteiger partial charge in [0.1, 0.15) is 18.6 Å². The number of amides is 4. The molecule has 11 heteroatoms. The number of carbonyl (C=O) groups excluding carboxylic acids is 4. The van der Waals surface area contributed by atoms with E-state index in [2.05, 4.69) is 16.0 Å². The van der Waals surface area contributed by atoms with Crippen molar-refractivity contribution in [3.05, 3.63) is 0 Å². The predicted octanol–water partition coefficient (Wildman–Crippen LogP) is -2.61. The average molecular weight is 385 g/mol. The Morgan fingerprint density at radius 2 is 1.81 bits per heavy atom. The van der Waals surface area contributed by atoms with Crippen LogP contribution in [0.1, 0.15) is 26.7 Å². The van der Waals surface area contributed by atoms with Gasteiger partial charge in [0, 0.05) is 6.54 Å². The zero-order valence-corrected chi connectivity index (χ0v) is 15.5. The number of carbonyl (C=O) groups is 5. The van der Waals surface area contributed by atoms with Gasteiger partial charge in [-0.05, 0) is 18.8 Å². The van der Waals surface area contributed by atoms with Gasteiger partial charge < -0.3 is 31.7 Å². The molecule has 0 spiro atoms. The van der Waals surface area contributed by atoms with Crippen molar-refractivity contribution < 1.29 is 29.1 Å². The first-order chi connectivity index (χ1) is 12.7. The Bertz CT molecular complexity index is 594. The molecule has 0 bridgehead atoms. The minimum absolute atomic E-state index is 0.237. The number of rotatable bonds is 9. The van der Waals surface area contributed by atoms with Gasteiger partial charge in [-0.3, -0.25) is 24.0 Å². The lowest BCUT2D eigenvalue weighted by Crippen LogP contribution is -2.56. The molecule has 1 heterocycles. The van der Waals surface area contributed by atoms with Crippen LogP contribution in [0.2, 0.25) is 0 Å². The summed E-state index contributed by atoms with van der Waals surface area (Å²) in [5.41, 5.74) is 5.17. The highest BCUT2D eigenvalue weighted by Crippen LogP contribution is 2.18. The number of carboxylic acid groups (broad SMARTS) is 1. The third kappa shape index (κ3) is 6.85. The van der Waals surface area contributed by atoms with Crippen molar-refractivity contribution in [3.63, 3.8) is 0 Å². The van der Waals surface area contributed by atoms with Crippen LogP contribution in [0.5, 0.6) is 0 Å². The Morgan fingerprint density at radius 3 is 2.37 bits per heavy atom. The molecule has 0 saturated carbocycles. The van der Waals surface area contributed by atoms with E-state index in [-0.39, 0.29) is 19.0 Å². The molecule has 6 N–H and O–H groups in total. The van der Waals surface area contributed by atoms with Gasteiger partial charge in [-0.2, -0.15) is 0 Å². The van der Waals surface area contributed by atoms with Crippen LogP contribution in [0.25, 0.3) is 0 Å². The maximum atomic E-state index is 12.6. The number of likely N-dealkylation sites (tertiary alicyclic amines) is 1. The number of aliphatic carboxylic acids is 1. The normalized spacial score (nSPS) is 17.3. The highest BCUT2D eigenvalue weighted by atomic mass is 16.4. The van der Waals surface area contributed by atoms with Crippen LogP contribution >= 0.6 is 0 Å². The smallest absolute Gasteiger partial charge is 0.322 e.